The molecule has 2 atom stereocenters. The summed E-state index contributed by atoms with van der Waals surface area (Å²) in [4.78, 5) is 39.7. The van der Waals surface area contributed by atoms with Crippen LogP contribution in [0.1, 0.15) is 51.7 Å². The molecule has 0 aliphatic carbocycles. The SMILES string of the molecule is Cc1cc(F)c(CNC(=O)c2cn3c(c(O)c2=O)C(=O)N2CN3[C@H](C)CC[C@@H]2CF)c(F)c1. The van der Waals surface area contributed by atoms with Crippen LogP contribution in [0.5, 0.6) is 5.75 Å². The van der Waals surface area contributed by atoms with Crippen molar-refractivity contribution in [3.8, 4) is 5.75 Å². The van der Waals surface area contributed by atoms with E-state index in [4.69, 9.17) is 0 Å². The summed E-state index contributed by atoms with van der Waals surface area (Å²) in [5.41, 5.74) is -1.96. The summed E-state index contributed by atoms with van der Waals surface area (Å²) in [7, 11) is 0. The molecule has 3 heterocycles. The minimum atomic E-state index is -1.11. The molecule has 4 rings (SSSR count). The van der Waals surface area contributed by atoms with E-state index >= 15 is 0 Å². The summed E-state index contributed by atoms with van der Waals surface area (Å²) in [6, 6.07) is 1.36. The Morgan fingerprint density at radius 1 is 1.21 bits per heavy atom. The van der Waals surface area contributed by atoms with E-state index in [1.165, 1.54) is 16.5 Å². The second kappa shape index (κ2) is 8.45. The van der Waals surface area contributed by atoms with E-state index in [9.17, 15) is 32.7 Å². The lowest BCUT2D eigenvalue weighted by atomic mass is 10.1. The molecule has 2 aliphatic heterocycles. The van der Waals surface area contributed by atoms with Crippen LogP contribution in [0.15, 0.2) is 23.1 Å². The minimum absolute atomic E-state index is 0.0186. The third kappa shape index (κ3) is 3.81. The molecule has 0 radical (unpaired) electrons. The largest absolute Gasteiger partial charge is 0.502 e. The van der Waals surface area contributed by atoms with Crippen molar-refractivity contribution in [3.05, 3.63) is 62.6 Å². The van der Waals surface area contributed by atoms with Crippen molar-refractivity contribution in [2.75, 3.05) is 18.4 Å². The highest BCUT2D eigenvalue weighted by Crippen LogP contribution is 2.29. The average molecular weight is 464 g/mol. The lowest BCUT2D eigenvalue weighted by Crippen LogP contribution is -2.58. The maximum atomic E-state index is 14.1. The first-order valence-corrected chi connectivity index (χ1v) is 10.5. The van der Waals surface area contributed by atoms with E-state index in [0.29, 0.717) is 18.4 Å². The lowest BCUT2D eigenvalue weighted by Gasteiger charge is -2.41. The highest BCUT2D eigenvalue weighted by Gasteiger charge is 2.41. The van der Waals surface area contributed by atoms with Crippen LogP contribution in [-0.2, 0) is 6.54 Å². The van der Waals surface area contributed by atoms with Gasteiger partial charge in [-0.25, -0.2) is 13.2 Å². The van der Waals surface area contributed by atoms with Gasteiger partial charge in [0, 0.05) is 24.3 Å². The van der Waals surface area contributed by atoms with Crippen molar-refractivity contribution < 1.29 is 27.9 Å². The summed E-state index contributed by atoms with van der Waals surface area (Å²) in [6.07, 6.45) is 2.06. The number of aryl methyl sites for hydroxylation is 1. The molecule has 11 heteroatoms. The molecule has 2 bridgehead atoms. The topological polar surface area (TPSA) is 94.9 Å². The Balaban J connectivity index is 1.70. The van der Waals surface area contributed by atoms with Crippen LogP contribution in [0.4, 0.5) is 13.2 Å². The van der Waals surface area contributed by atoms with Gasteiger partial charge >= 0.3 is 0 Å². The molecule has 2 amide bonds. The van der Waals surface area contributed by atoms with Crippen LogP contribution < -0.4 is 15.8 Å². The average Bonchev–Trinajstić information content (AvgIpc) is 2.90. The number of amides is 2. The molecule has 2 aromatic rings. The zero-order valence-electron chi connectivity index (χ0n) is 18.1. The van der Waals surface area contributed by atoms with Gasteiger partial charge in [-0.1, -0.05) is 0 Å². The molecule has 1 aromatic heterocycles. The van der Waals surface area contributed by atoms with Gasteiger partial charge in [0.2, 0.25) is 5.43 Å². The lowest BCUT2D eigenvalue weighted by molar-refractivity contribution is 0.0581. The maximum Gasteiger partial charge on any atom is 0.278 e. The Bertz CT molecular complexity index is 1180. The van der Waals surface area contributed by atoms with E-state index in [0.717, 1.165) is 18.3 Å². The molecule has 1 saturated heterocycles. The van der Waals surface area contributed by atoms with E-state index in [-0.39, 0.29) is 24.0 Å². The highest BCUT2D eigenvalue weighted by molar-refractivity contribution is 5.99. The third-order valence-electron chi connectivity index (χ3n) is 6.20. The molecule has 2 N–H and O–H groups in total. The van der Waals surface area contributed by atoms with Gasteiger partial charge in [0.25, 0.3) is 11.8 Å². The van der Waals surface area contributed by atoms with Crippen molar-refractivity contribution in [1.29, 1.82) is 0 Å². The predicted molar refractivity (Wildman–Crippen MR) is 112 cm³/mol. The quantitative estimate of drug-likeness (QED) is 0.721. The van der Waals surface area contributed by atoms with Gasteiger partial charge in [-0.15, -0.1) is 0 Å². The molecular formula is C22H23F3N4O4. The number of nitrogens with zero attached hydrogens (tertiary/aromatic N) is 3. The Hall–Kier alpha value is -3.50. The number of alkyl halides is 1. The molecule has 0 unspecified atom stereocenters. The molecule has 176 valence electrons. The normalized spacial score (nSPS) is 19.8. The van der Waals surface area contributed by atoms with Crippen LogP contribution >= 0.6 is 0 Å². The van der Waals surface area contributed by atoms with E-state index in [2.05, 4.69) is 5.32 Å². The van der Waals surface area contributed by atoms with Gasteiger partial charge in [-0.2, -0.15) is 0 Å². The van der Waals surface area contributed by atoms with Crippen molar-refractivity contribution >= 4 is 11.8 Å². The predicted octanol–water partition coefficient (Wildman–Crippen LogP) is 1.94. The Morgan fingerprint density at radius 3 is 2.52 bits per heavy atom. The summed E-state index contributed by atoms with van der Waals surface area (Å²) < 4.78 is 42.9. The molecule has 1 aromatic carbocycles. The number of hydrogen-bond donors (Lipinski definition) is 2. The van der Waals surface area contributed by atoms with Crippen molar-refractivity contribution in [2.45, 2.75) is 45.3 Å². The summed E-state index contributed by atoms with van der Waals surface area (Å²) in [6.45, 7) is 2.10. The van der Waals surface area contributed by atoms with Crippen LogP contribution in [-0.4, -0.2) is 51.9 Å². The second-order valence-corrected chi connectivity index (χ2v) is 8.39. The van der Waals surface area contributed by atoms with Gasteiger partial charge in [0.1, 0.15) is 30.5 Å². The number of aromatic nitrogens is 1. The first-order chi connectivity index (χ1) is 15.6. The van der Waals surface area contributed by atoms with Crippen molar-refractivity contribution in [2.24, 2.45) is 0 Å². The first kappa shape index (κ1) is 22.7. The first-order valence-electron chi connectivity index (χ1n) is 10.5. The smallest absolute Gasteiger partial charge is 0.278 e. The van der Waals surface area contributed by atoms with E-state index < -0.39 is 59.5 Å². The van der Waals surface area contributed by atoms with E-state index in [1.807, 2.05) is 6.92 Å². The fourth-order valence-corrected chi connectivity index (χ4v) is 4.27. The number of pyridine rings is 1. The standard InChI is InChI=1S/C22H23F3N4O4/c1-11-5-16(24)14(17(25)6-11)8-26-21(32)15-9-28-18(20(31)19(15)30)22(33)27-10-29(28)12(2)3-4-13(27)7-23/h5-6,9,12-13,31H,3-4,7-8,10H2,1-2H3,(H,26,32)/t12-,13-/m1/s1. The number of fused-ring (bicyclic) bond motifs is 4. The van der Waals surface area contributed by atoms with Gasteiger partial charge in [-0.05, 0) is 44.4 Å². The van der Waals surface area contributed by atoms with Gasteiger partial charge < -0.3 is 15.3 Å². The van der Waals surface area contributed by atoms with Crippen LogP contribution in [0, 0.1) is 18.6 Å². The molecular weight excluding hydrogens is 441 g/mol. The molecule has 0 spiro atoms. The molecule has 2 aliphatic rings. The number of rotatable bonds is 4. The summed E-state index contributed by atoms with van der Waals surface area (Å²) in [5, 5.41) is 14.5. The van der Waals surface area contributed by atoms with Crippen LogP contribution in [0.3, 0.4) is 0 Å². The molecule has 33 heavy (non-hydrogen) atoms. The summed E-state index contributed by atoms with van der Waals surface area (Å²) >= 11 is 0. The maximum absolute atomic E-state index is 14.1. The Labute approximate surface area is 187 Å². The zero-order valence-corrected chi connectivity index (χ0v) is 18.1. The zero-order chi connectivity index (χ0) is 24.0. The number of aromatic hydroxyl groups is 1. The molecule has 8 nitrogen and oxygen atoms in total. The Morgan fingerprint density at radius 2 is 1.88 bits per heavy atom. The van der Waals surface area contributed by atoms with Gasteiger partial charge in [0.15, 0.2) is 11.4 Å². The molecule has 1 fully saturated rings. The fourth-order valence-electron chi connectivity index (χ4n) is 4.27. The Kier molecular flexibility index (Phi) is 5.81. The van der Waals surface area contributed by atoms with Crippen LogP contribution in [0.2, 0.25) is 0 Å². The monoisotopic (exact) mass is 464 g/mol. The van der Waals surface area contributed by atoms with Gasteiger partial charge in [-0.3, -0.25) is 24.1 Å². The number of carbonyl (C=O) groups is 2. The number of hydrogen-bond acceptors (Lipinski definition) is 5. The van der Waals surface area contributed by atoms with Crippen molar-refractivity contribution in [1.82, 2.24) is 14.9 Å². The number of halogens is 3. The van der Waals surface area contributed by atoms with Gasteiger partial charge in [0.05, 0.1) is 6.04 Å². The van der Waals surface area contributed by atoms with Crippen molar-refractivity contribution in [3.63, 3.8) is 0 Å². The second-order valence-electron chi connectivity index (χ2n) is 8.39. The number of carbonyl (C=O) groups excluding carboxylic acids is 2. The third-order valence-corrected chi connectivity index (χ3v) is 6.20. The van der Waals surface area contributed by atoms with Crippen LogP contribution in [0.25, 0.3) is 0 Å². The fraction of sp³-hybridized carbons (Fsp3) is 0.409. The minimum Gasteiger partial charge on any atom is -0.502 e. The molecule has 0 saturated carbocycles. The highest BCUT2D eigenvalue weighted by atomic mass is 19.1. The van der Waals surface area contributed by atoms with E-state index in [1.54, 1.807) is 5.01 Å². The number of nitrogens with one attached hydrogen (secondary N) is 1. The summed E-state index contributed by atoms with van der Waals surface area (Å²) in [5.74, 6) is -4.31. The number of benzene rings is 1.